The van der Waals surface area contributed by atoms with Crippen LogP contribution in [0.2, 0.25) is 5.02 Å². The second-order valence-corrected chi connectivity index (χ2v) is 5.25. The smallest absolute Gasteiger partial charge is 0.0710 e. The Morgan fingerprint density at radius 2 is 1.80 bits per heavy atom. The number of benzene rings is 2. The molecule has 3 heteroatoms. The molecule has 3 aromatic rings. The van der Waals surface area contributed by atoms with Crippen LogP contribution < -0.4 is 5.32 Å². The highest BCUT2D eigenvalue weighted by Crippen LogP contribution is 2.27. The maximum absolute atomic E-state index is 6.40. The van der Waals surface area contributed by atoms with Crippen LogP contribution in [0.3, 0.4) is 0 Å². The molecule has 0 fully saturated rings. The van der Waals surface area contributed by atoms with E-state index in [-0.39, 0.29) is 0 Å². The number of hydrogen-bond donors (Lipinski definition) is 2. The Morgan fingerprint density at radius 1 is 1.05 bits per heavy atom. The topological polar surface area (TPSA) is 27.8 Å². The molecule has 0 aliphatic carbocycles. The summed E-state index contributed by atoms with van der Waals surface area (Å²) in [6, 6.07) is 16.6. The molecular formula is C17H17ClN2. The second kappa shape index (κ2) is 5.59. The first-order valence-electron chi connectivity index (χ1n) is 6.86. The summed E-state index contributed by atoms with van der Waals surface area (Å²) in [5.74, 6) is 0. The van der Waals surface area contributed by atoms with Crippen LogP contribution in [-0.2, 0) is 13.0 Å². The Kier molecular flexibility index (Phi) is 3.66. The van der Waals surface area contributed by atoms with Crippen LogP contribution in [0.4, 0.5) is 5.69 Å². The number of fused-ring (bicyclic) bond motifs is 1. The van der Waals surface area contributed by atoms with Crippen LogP contribution in [-0.4, -0.2) is 4.98 Å². The van der Waals surface area contributed by atoms with Crippen LogP contribution in [0.1, 0.15) is 18.2 Å². The largest absolute Gasteiger partial charge is 0.379 e. The average Bonchev–Trinajstić information content (AvgIpc) is 2.83. The molecule has 0 aliphatic heterocycles. The number of nitrogens with one attached hydrogen (secondary N) is 2. The fraction of sp³-hybridized carbons (Fsp3) is 0.176. The predicted octanol–water partition coefficient (Wildman–Crippen LogP) is 5.00. The minimum Gasteiger partial charge on any atom is -0.379 e. The molecule has 3 rings (SSSR count). The molecule has 0 amide bonds. The van der Waals surface area contributed by atoms with Crippen molar-refractivity contribution in [3.63, 3.8) is 0 Å². The van der Waals surface area contributed by atoms with Gasteiger partial charge in [-0.15, -0.1) is 0 Å². The van der Waals surface area contributed by atoms with Gasteiger partial charge in [0.15, 0.2) is 0 Å². The van der Waals surface area contributed by atoms with Crippen molar-refractivity contribution in [1.82, 2.24) is 4.98 Å². The molecule has 0 bridgehead atoms. The van der Waals surface area contributed by atoms with Gasteiger partial charge >= 0.3 is 0 Å². The Bertz CT molecular complexity index is 713. The highest BCUT2D eigenvalue weighted by molar-refractivity contribution is 6.36. The van der Waals surface area contributed by atoms with Gasteiger partial charge in [-0.05, 0) is 30.2 Å². The van der Waals surface area contributed by atoms with Gasteiger partial charge in [-0.1, -0.05) is 48.9 Å². The standard InChI is InChI=1S/C17H17ClN2/c1-2-12-7-9-13(10-8-12)19-11-16-17(18)14-5-3-4-6-15(14)20-16/h3-10,19-20H,2,11H2,1H3. The van der Waals surface area contributed by atoms with Crippen molar-refractivity contribution in [3.8, 4) is 0 Å². The van der Waals surface area contributed by atoms with E-state index in [1.54, 1.807) is 0 Å². The summed E-state index contributed by atoms with van der Waals surface area (Å²) in [5.41, 5.74) is 4.55. The highest BCUT2D eigenvalue weighted by atomic mass is 35.5. The van der Waals surface area contributed by atoms with Gasteiger partial charge in [-0.25, -0.2) is 0 Å². The second-order valence-electron chi connectivity index (χ2n) is 4.87. The number of hydrogen-bond acceptors (Lipinski definition) is 1. The van der Waals surface area contributed by atoms with E-state index in [0.717, 1.165) is 33.7 Å². The van der Waals surface area contributed by atoms with Gasteiger partial charge < -0.3 is 10.3 Å². The van der Waals surface area contributed by atoms with Crippen LogP contribution in [0.5, 0.6) is 0 Å². The molecule has 0 saturated carbocycles. The molecule has 1 heterocycles. The zero-order chi connectivity index (χ0) is 13.9. The Balaban J connectivity index is 1.77. The fourth-order valence-electron chi connectivity index (χ4n) is 2.33. The number of anilines is 1. The average molecular weight is 285 g/mol. The molecule has 0 saturated heterocycles. The van der Waals surface area contributed by atoms with Gasteiger partial charge in [-0.2, -0.15) is 0 Å². The highest BCUT2D eigenvalue weighted by Gasteiger charge is 2.08. The van der Waals surface area contributed by atoms with Crippen molar-refractivity contribution in [3.05, 3.63) is 64.8 Å². The molecule has 0 aliphatic rings. The molecule has 1 aromatic heterocycles. The molecule has 102 valence electrons. The molecule has 0 radical (unpaired) electrons. The molecule has 20 heavy (non-hydrogen) atoms. The van der Waals surface area contributed by atoms with Crippen LogP contribution in [0.25, 0.3) is 10.9 Å². The van der Waals surface area contributed by atoms with Gasteiger partial charge in [-0.3, -0.25) is 0 Å². The maximum Gasteiger partial charge on any atom is 0.0710 e. The Morgan fingerprint density at radius 3 is 2.50 bits per heavy atom. The minimum absolute atomic E-state index is 0.693. The van der Waals surface area contributed by atoms with E-state index in [0.29, 0.717) is 6.54 Å². The van der Waals surface area contributed by atoms with E-state index < -0.39 is 0 Å². The van der Waals surface area contributed by atoms with E-state index in [1.165, 1.54) is 5.56 Å². The van der Waals surface area contributed by atoms with E-state index in [2.05, 4.69) is 41.5 Å². The van der Waals surface area contributed by atoms with Gasteiger partial charge in [0.1, 0.15) is 0 Å². The number of halogens is 1. The summed E-state index contributed by atoms with van der Waals surface area (Å²) >= 11 is 6.40. The lowest BCUT2D eigenvalue weighted by Gasteiger charge is -2.06. The first-order chi connectivity index (χ1) is 9.78. The van der Waals surface area contributed by atoms with Crippen molar-refractivity contribution < 1.29 is 0 Å². The summed E-state index contributed by atoms with van der Waals surface area (Å²) in [5, 5.41) is 5.28. The number of aromatic amines is 1. The summed E-state index contributed by atoms with van der Waals surface area (Å²) in [4.78, 5) is 3.36. The minimum atomic E-state index is 0.693. The third-order valence-corrected chi connectivity index (χ3v) is 3.98. The fourth-order valence-corrected chi connectivity index (χ4v) is 2.61. The predicted molar refractivity (Wildman–Crippen MR) is 86.5 cm³/mol. The summed E-state index contributed by atoms with van der Waals surface area (Å²) in [7, 11) is 0. The van der Waals surface area contributed by atoms with Crippen molar-refractivity contribution in [2.45, 2.75) is 19.9 Å². The third-order valence-electron chi connectivity index (χ3n) is 3.55. The Hall–Kier alpha value is -1.93. The van der Waals surface area contributed by atoms with Crippen molar-refractivity contribution in [2.24, 2.45) is 0 Å². The number of H-pyrrole nitrogens is 1. The molecule has 2 aromatic carbocycles. The first kappa shape index (κ1) is 13.1. The van der Waals surface area contributed by atoms with Crippen molar-refractivity contribution >= 4 is 28.2 Å². The summed E-state index contributed by atoms with van der Waals surface area (Å²) in [6.45, 7) is 2.85. The number of para-hydroxylation sites is 1. The quantitative estimate of drug-likeness (QED) is 0.693. The molecule has 0 atom stereocenters. The SMILES string of the molecule is CCc1ccc(NCc2[nH]c3ccccc3c2Cl)cc1. The first-order valence-corrected chi connectivity index (χ1v) is 7.23. The van der Waals surface area contributed by atoms with Crippen molar-refractivity contribution in [1.29, 1.82) is 0 Å². The van der Waals surface area contributed by atoms with Gasteiger partial charge in [0.25, 0.3) is 0 Å². The molecule has 0 spiro atoms. The van der Waals surface area contributed by atoms with E-state index in [4.69, 9.17) is 11.6 Å². The number of aromatic nitrogens is 1. The molecular weight excluding hydrogens is 268 g/mol. The van der Waals surface area contributed by atoms with Gasteiger partial charge in [0.05, 0.1) is 17.3 Å². The van der Waals surface area contributed by atoms with E-state index >= 15 is 0 Å². The van der Waals surface area contributed by atoms with E-state index in [9.17, 15) is 0 Å². The zero-order valence-corrected chi connectivity index (χ0v) is 12.2. The summed E-state index contributed by atoms with van der Waals surface area (Å²) in [6.07, 6.45) is 1.06. The zero-order valence-electron chi connectivity index (χ0n) is 11.4. The normalized spacial score (nSPS) is 10.9. The lowest BCUT2D eigenvalue weighted by Crippen LogP contribution is -2.00. The molecule has 2 nitrogen and oxygen atoms in total. The van der Waals surface area contributed by atoms with Gasteiger partial charge in [0.2, 0.25) is 0 Å². The number of rotatable bonds is 4. The summed E-state index contributed by atoms with van der Waals surface area (Å²) < 4.78 is 0. The lowest BCUT2D eigenvalue weighted by molar-refractivity contribution is 1.08. The number of aryl methyl sites for hydroxylation is 1. The molecule has 0 unspecified atom stereocenters. The van der Waals surface area contributed by atoms with Crippen LogP contribution in [0.15, 0.2) is 48.5 Å². The van der Waals surface area contributed by atoms with Crippen molar-refractivity contribution in [2.75, 3.05) is 5.32 Å². The maximum atomic E-state index is 6.40. The third kappa shape index (κ3) is 2.52. The monoisotopic (exact) mass is 284 g/mol. The molecule has 2 N–H and O–H groups in total. The van der Waals surface area contributed by atoms with Gasteiger partial charge in [0, 0.05) is 16.6 Å². The Labute approximate surface area is 123 Å². The van der Waals surface area contributed by atoms with Crippen LogP contribution >= 0.6 is 11.6 Å². The van der Waals surface area contributed by atoms with E-state index in [1.807, 2.05) is 24.3 Å². The lowest BCUT2D eigenvalue weighted by atomic mass is 10.1. The van der Waals surface area contributed by atoms with Crippen LogP contribution in [0, 0.1) is 0 Å².